The molecule has 6 N–H and O–H groups in total. The Kier molecular flexibility index (Phi) is 50.5. The van der Waals surface area contributed by atoms with Crippen molar-refractivity contribution >= 4 is 117 Å². The largest absolute Gasteiger partial charge is 0.455 e. The van der Waals surface area contributed by atoms with Crippen molar-refractivity contribution in [3.63, 3.8) is 0 Å². The molecule has 2 aromatic rings. The van der Waals surface area contributed by atoms with Crippen LogP contribution in [0.2, 0.25) is 0 Å². The molecule has 0 saturated carbocycles. The Balaban J connectivity index is 1.38. The number of benzene rings is 1. The number of amides is 10. The van der Waals surface area contributed by atoms with Crippen LogP contribution in [0.4, 0.5) is 5.69 Å². The second-order valence-corrected chi connectivity index (χ2v) is 34.9. The lowest BCUT2D eigenvalue weighted by Crippen LogP contribution is -2.61. The first-order valence-electron chi connectivity index (χ1n) is 45.2. The van der Waals surface area contributed by atoms with E-state index in [1.54, 1.807) is 39.0 Å². The predicted molar refractivity (Wildman–Crippen MR) is 480 cm³/mol. The zero-order chi connectivity index (χ0) is 97.7. The van der Waals surface area contributed by atoms with Crippen molar-refractivity contribution in [2.45, 2.75) is 214 Å². The molecule has 0 spiro atoms. The molecule has 3 aliphatic heterocycles. The van der Waals surface area contributed by atoms with E-state index in [2.05, 4.69) is 26.6 Å². The molecule has 0 fully saturated rings. The van der Waals surface area contributed by atoms with E-state index in [0.717, 1.165) is 35.6 Å². The van der Waals surface area contributed by atoms with Crippen molar-refractivity contribution < 1.29 is 139 Å². The fourth-order valence-corrected chi connectivity index (χ4v) is 15.1. The van der Waals surface area contributed by atoms with Gasteiger partial charge < -0.3 is 88.7 Å². The van der Waals surface area contributed by atoms with Gasteiger partial charge in [0.25, 0.3) is 29.5 Å². The standard InChI is InChI=1S/C92H138N10O29S/c1-16-58(4)67(54-77(109)92(11,12)99(13)14)90(119)100(15)70(57(2)3)55-76(130-64(10)104)89-98-69(56-132-89)88(118)96-66(49-59(5)86(116)93-29-35-123-37-39-125-41-43-127-45-47-129-48-46-128-44-42-126-40-38-124-36-30-103)52-65-21-22-75-68(53-65)97-87(117)60(6)50-73(107)62(8)94-78(110)27-33-121-31-17-19-71(105)84(101-80(112)23-24-81(101)113)85(102-82(114)25-26-83(102)115)72(106)20-18-32-122-34-28-79(111)95-63(9)74(108)51-61(7)91(120)131-75/h21-26,53,56-63,66-67,70,76,84-85,103H,16-20,27-52,54-55H2,1-15H3,(H,93,116)(H,94,110)(H,95,111)(H,96,118)(H,97,117)/t58-,59?,60?,61?,62?,63?,66+,67-,70+,76+,84?,85?/m0/s1. The monoisotopic (exact) mass is 1880 g/mol. The van der Waals surface area contributed by atoms with Gasteiger partial charge in [0, 0.05) is 145 Å². The average molecular weight is 1880 g/mol. The normalized spacial score (nSPS) is 20.7. The number of aromatic nitrogens is 1. The summed E-state index contributed by atoms with van der Waals surface area (Å²) >= 11 is 1.04. The first kappa shape index (κ1) is 113. The van der Waals surface area contributed by atoms with Crippen LogP contribution in [0.1, 0.15) is 187 Å². The Morgan fingerprint density at radius 1 is 0.621 bits per heavy atom. The number of Topliss-reactive ketones (excluding diaryl/α,β-unsaturated/α-hetero) is 5. The number of hydrogen-bond acceptors (Lipinski definition) is 32. The Bertz CT molecular complexity index is 4210. The number of fused-ring (bicyclic) bond motifs is 1. The van der Waals surface area contributed by atoms with Gasteiger partial charge in [-0.2, -0.15) is 0 Å². The van der Waals surface area contributed by atoms with Crippen LogP contribution in [0.3, 0.4) is 0 Å². The van der Waals surface area contributed by atoms with Crippen molar-refractivity contribution in [2.24, 2.45) is 35.5 Å². The van der Waals surface area contributed by atoms with Crippen molar-refractivity contribution in [1.29, 1.82) is 0 Å². The summed E-state index contributed by atoms with van der Waals surface area (Å²) in [5.41, 5.74) is -0.668. The predicted octanol–water partition coefficient (Wildman–Crippen LogP) is 4.33. The summed E-state index contributed by atoms with van der Waals surface area (Å²) in [4.78, 5) is 244. The van der Waals surface area contributed by atoms with Gasteiger partial charge in [0.2, 0.25) is 29.5 Å². The lowest BCUT2D eigenvalue weighted by atomic mass is 9.81. The highest BCUT2D eigenvalue weighted by atomic mass is 32.1. The third-order valence-electron chi connectivity index (χ3n) is 22.8. The van der Waals surface area contributed by atoms with Gasteiger partial charge in [0.1, 0.15) is 22.8 Å². The summed E-state index contributed by atoms with van der Waals surface area (Å²) in [7, 11) is 5.27. The summed E-state index contributed by atoms with van der Waals surface area (Å²) in [6.45, 7) is 23.6. The van der Waals surface area contributed by atoms with Gasteiger partial charge in [-0.1, -0.05) is 61.0 Å². The number of carbonyl (C=O) groups is 17. The third-order valence-corrected chi connectivity index (χ3v) is 23.8. The number of rotatable bonds is 45. The molecule has 132 heavy (non-hydrogen) atoms. The number of nitrogens with zero attached hydrogens (tertiary/aromatic N) is 5. The Morgan fingerprint density at radius 3 is 1.55 bits per heavy atom. The minimum Gasteiger partial charge on any atom is -0.455 e. The number of imide groups is 2. The molecular formula is C92H138N10O29S. The first-order valence-corrected chi connectivity index (χ1v) is 46.0. The van der Waals surface area contributed by atoms with Crippen LogP contribution in [0, 0.1) is 35.5 Å². The molecular weight excluding hydrogens is 1740 g/mol. The highest BCUT2D eigenvalue weighted by molar-refractivity contribution is 7.09. The number of aliphatic hydroxyl groups is 1. The van der Waals surface area contributed by atoms with Crippen LogP contribution in [0.25, 0.3) is 0 Å². The molecule has 10 amide bonds. The lowest BCUT2D eigenvalue weighted by Gasteiger charge is -2.38. The molecule has 5 rings (SSSR count). The molecule has 0 radical (unpaired) electrons. The number of nitrogens with one attached hydrogen (secondary N) is 5. The highest BCUT2D eigenvalue weighted by Gasteiger charge is 2.50. The summed E-state index contributed by atoms with van der Waals surface area (Å²) in [6, 6.07) is -3.34. The second-order valence-electron chi connectivity index (χ2n) is 34.0. The summed E-state index contributed by atoms with van der Waals surface area (Å²) in [6.07, 6.45) is 0.440. The maximum atomic E-state index is 14.8. The first-order chi connectivity index (χ1) is 62.7. The molecule has 12 atom stereocenters. The quantitative estimate of drug-likeness (QED) is 0.0232. The zero-order valence-corrected chi connectivity index (χ0v) is 79.8. The molecule has 3 aliphatic rings. The van der Waals surface area contributed by atoms with E-state index >= 15 is 0 Å². The minimum absolute atomic E-state index is 0.00582. The van der Waals surface area contributed by atoms with Gasteiger partial charge in [-0.25, -0.2) is 4.98 Å². The third kappa shape index (κ3) is 38.3. The van der Waals surface area contributed by atoms with Crippen LogP contribution in [0.15, 0.2) is 47.9 Å². The maximum Gasteiger partial charge on any atom is 0.314 e. The molecule has 1 aromatic carbocycles. The van der Waals surface area contributed by atoms with Gasteiger partial charge in [-0.15, -0.1) is 11.3 Å². The molecule has 736 valence electrons. The number of carbonyl (C=O) groups excluding carboxylic acids is 17. The van der Waals surface area contributed by atoms with Gasteiger partial charge in [-0.05, 0) is 97.0 Å². The number of hydrogen-bond donors (Lipinski definition) is 6. The number of esters is 2. The van der Waals surface area contributed by atoms with E-state index in [4.69, 9.17) is 62.2 Å². The Labute approximate surface area is 776 Å². The number of ether oxygens (including phenoxy) is 11. The van der Waals surface area contributed by atoms with Crippen LogP contribution in [-0.4, -0.2) is 325 Å². The highest BCUT2D eigenvalue weighted by Crippen LogP contribution is 2.35. The number of aliphatic hydroxyl groups excluding tert-OH is 1. The maximum absolute atomic E-state index is 14.8. The van der Waals surface area contributed by atoms with E-state index < -0.39 is 185 Å². The lowest BCUT2D eigenvalue weighted by molar-refractivity contribution is -0.156. The number of thiazole rings is 1. The van der Waals surface area contributed by atoms with Crippen molar-refractivity contribution in [1.82, 2.24) is 45.9 Å². The van der Waals surface area contributed by atoms with Crippen molar-refractivity contribution in [3.05, 3.63) is 64.1 Å². The number of anilines is 1. The van der Waals surface area contributed by atoms with E-state index in [1.165, 1.54) is 52.1 Å². The fraction of sp³-hybridized carbons (Fsp3) is 0.674. The molecule has 1 aromatic heterocycles. The molecule has 0 bridgehead atoms. The fourth-order valence-electron chi connectivity index (χ4n) is 14.3. The Hall–Kier alpha value is -9.72. The van der Waals surface area contributed by atoms with Gasteiger partial charge in [-0.3, -0.25) is 96.2 Å². The molecule has 40 heteroatoms. The van der Waals surface area contributed by atoms with Crippen LogP contribution in [0.5, 0.6) is 5.75 Å². The minimum atomic E-state index is -1.95. The van der Waals surface area contributed by atoms with E-state index in [0.29, 0.717) is 81.2 Å². The number of likely N-dealkylation sites (N-methyl/N-ethyl adjacent to an activating group) is 1. The van der Waals surface area contributed by atoms with E-state index in [-0.39, 0.29) is 170 Å². The van der Waals surface area contributed by atoms with Gasteiger partial charge >= 0.3 is 11.9 Å². The second kappa shape index (κ2) is 59.1. The molecule has 39 nitrogen and oxygen atoms in total. The number of ketones is 5. The summed E-state index contributed by atoms with van der Waals surface area (Å²) in [5.74, 6) is -16.4. The van der Waals surface area contributed by atoms with Gasteiger partial charge in [0.15, 0.2) is 40.8 Å². The van der Waals surface area contributed by atoms with Crippen molar-refractivity contribution in [2.75, 3.05) is 159 Å². The smallest absolute Gasteiger partial charge is 0.314 e. The molecule has 4 heterocycles. The van der Waals surface area contributed by atoms with Crippen LogP contribution < -0.4 is 31.3 Å². The van der Waals surface area contributed by atoms with E-state index in [1.807, 2.05) is 46.4 Å². The Morgan fingerprint density at radius 2 is 1.09 bits per heavy atom. The molecule has 0 saturated heterocycles. The summed E-state index contributed by atoms with van der Waals surface area (Å²) in [5, 5.41) is 24.3. The van der Waals surface area contributed by atoms with E-state index in [9.17, 15) is 81.5 Å². The van der Waals surface area contributed by atoms with Crippen LogP contribution in [-0.2, 0) is 131 Å². The zero-order valence-electron chi connectivity index (χ0n) is 79.0. The average Bonchev–Trinajstić information content (AvgIpc) is 1.59. The van der Waals surface area contributed by atoms with Gasteiger partial charge in [0.05, 0.1) is 142 Å². The van der Waals surface area contributed by atoms with Crippen LogP contribution >= 0.6 is 11.3 Å². The molecule has 0 aliphatic carbocycles. The molecule has 7 unspecified atom stereocenters. The topological polar surface area (TPSA) is 498 Å². The summed E-state index contributed by atoms with van der Waals surface area (Å²) < 4.78 is 61.7. The SMILES string of the molecule is CC[C@H](C)[C@H](CC(=O)C(C)(C)N(C)C)C(=O)N(C)[C@H](C[C@@H](OC(C)=O)c1nc(C(=O)N[C@@H](Cc2ccc3c(c2)NC(=O)C(C)CC(=O)C(C)NC(=O)CCOCCCC(=O)C(N2C(=O)C=CC2=O)C(N2C(=O)C=CC2=O)C(=O)CCCOCCC(=O)NC(C)C(=O)CC(C)C(=O)O3)CC(C)C(=O)NCCOCCOCCOCCOCCOCCOCCOCCO)cs1)C(C)C. The van der Waals surface area contributed by atoms with Crippen molar-refractivity contribution in [3.8, 4) is 5.75 Å².